The number of hydrogen-bond donors (Lipinski definition) is 4. The van der Waals surface area contributed by atoms with Crippen LogP contribution in [-0.2, 0) is 0 Å². The number of aromatic nitrogens is 2. The highest BCUT2D eigenvalue weighted by Crippen LogP contribution is 2.34. The molecule has 3 aromatic carbocycles. The van der Waals surface area contributed by atoms with Crippen LogP contribution in [0.4, 0.5) is 0 Å². The number of methoxy groups -OCH3 is 2. The largest absolute Gasteiger partial charge is 0.508 e. The summed E-state index contributed by atoms with van der Waals surface area (Å²) in [5.74, 6) is 0.0309. The van der Waals surface area contributed by atoms with Gasteiger partial charge in [-0.15, -0.1) is 10.2 Å². The molecule has 1 amide bonds. The van der Waals surface area contributed by atoms with Gasteiger partial charge >= 0.3 is 0 Å². The van der Waals surface area contributed by atoms with Crippen LogP contribution in [0.5, 0.6) is 28.7 Å². The van der Waals surface area contributed by atoms with Gasteiger partial charge in [-0.05, 0) is 36.4 Å². The second kappa shape index (κ2) is 9.83. The number of amides is 1. The Kier molecular flexibility index (Phi) is 6.49. The zero-order valence-electron chi connectivity index (χ0n) is 18.6. The number of phenolic OH excluding ortho intramolecular Hbond substituents is 3. The molecule has 0 saturated carbocycles. The Morgan fingerprint density at radius 3 is 2.29 bits per heavy atom. The molecule has 0 aliphatic rings. The molecule has 0 aliphatic heterocycles. The number of hydrogen-bond acceptors (Lipinski definition) is 10. The number of hydrazone groups is 1. The van der Waals surface area contributed by atoms with Crippen molar-refractivity contribution in [2.24, 2.45) is 5.10 Å². The smallest absolute Gasteiger partial charge is 0.271 e. The van der Waals surface area contributed by atoms with Crippen LogP contribution in [0.25, 0.3) is 22.9 Å². The zero-order valence-corrected chi connectivity index (χ0v) is 18.6. The lowest BCUT2D eigenvalue weighted by Crippen LogP contribution is -2.17. The van der Waals surface area contributed by atoms with E-state index in [4.69, 9.17) is 13.9 Å². The van der Waals surface area contributed by atoms with Crippen molar-refractivity contribution in [2.75, 3.05) is 14.2 Å². The molecule has 0 unspecified atom stereocenters. The lowest BCUT2D eigenvalue weighted by atomic mass is 10.1. The van der Waals surface area contributed by atoms with Crippen LogP contribution in [0.1, 0.15) is 15.9 Å². The van der Waals surface area contributed by atoms with Crippen molar-refractivity contribution in [1.82, 2.24) is 15.6 Å². The minimum Gasteiger partial charge on any atom is -0.508 e. The summed E-state index contributed by atoms with van der Waals surface area (Å²) in [5.41, 5.74) is 3.73. The fourth-order valence-corrected chi connectivity index (χ4v) is 3.15. The van der Waals surface area contributed by atoms with Gasteiger partial charge in [0.2, 0.25) is 5.89 Å². The molecule has 0 fully saturated rings. The van der Waals surface area contributed by atoms with Crippen LogP contribution in [-0.4, -0.2) is 51.9 Å². The second-order valence-electron chi connectivity index (χ2n) is 7.15. The van der Waals surface area contributed by atoms with Gasteiger partial charge < -0.3 is 29.2 Å². The molecule has 0 bridgehead atoms. The Hall–Kier alpha value is -5.06. The highest BCUT2D eigenvalue weighted by molar-refractivity contribution is 5.95. The molecule has 0 spiro atoms. The van der Waals surface area contributed by atoms with Gasteiger partial charge in [0.15, 0.2) is 0 Å². The number of phenols is 3. The summed E-state index contributed by atoms with van der Waals surface area (Å²) in [6.07, 6.45) is 1.06. The lowest BCUT2D eigenvalue weighted by molar-refractivity contribution is 0.0955. The molecule has 4 rings (SSSR count). The fraction of sp³-hybridized carbons (Fsp3) is 0.0833. The molecule has 1 heterocycles. The topological polar surface area (TPSA) is 160 Å². The Balaban J connectivity index is 1.46. The SMILES string of the molecule is COc1ccc(-c2nnc(-c3ccc(C(=O)N/N=C/c4c(O)cc(O)cc4O)cc3)o2)c(OC)c1. The van der Waals surface area contributed by atoms with Crippen LogP contribution < -0.4 is 14.9 Å². The van der Waals surface area contributed by atoms with Gasteiger partial charge in [-0.3, -0.25) is 4.79 Å². The van der Waals surface area contributed by atoms with Gasteiger partial charge in [0.05, 0.1) is 31.6 Å². The molecule has 4 N–H and O–H groups in total. The minimum absolute atomic E-state index is 0.0564. The first kappa shape index (κ1) is 23.1. The molecular formula is C24H20N4O7. The van der Waals surface area contributed by atoms with E-state index in [1.54, 1.807) is 49.6 Å². The second-order valence-corrected chi connectivity index (χ2v) is 7.15. The van der Waals surface area contributed by atoms with Crippen LogP contribution in [0.3, 0.4) is 0 Å². The summed E-state index contributed by atoms with van der Waals surface area (Å²) in [6.45, 7) is 0. The van der Waals surface area contributed by atoms with Crippen LogP contribution >= 0.6 is 0 Å². The van der Waals surface area contributed by atoms with Crippen molar-refractivity contribution in [2.45, 2.75) is 0 Å². The van der Waals surface area contributed by atoms with Crippen molar-refractivity contribution < 1.29 is 34.0 Å². The van der Waals surface area contributed by atoms with Crippen molar-refractivity contribution in [3.63, 3.8) is 0 Å². The number of nitrogens with one attached hydrogen (secondary N) is 1. The maximum atomic E-state index is 12.4. The van der Waals surface area contributed by atoms with Gasteiger partial charge in [0.1, 0.15) is 28.7 Å². The molecule has 11 nitrogen and oxygen atoms in total. The number of rotatable bonds is 7. The van der Waals surface area contributed by atoms with Crippen molar-refractivity contribution in [3.8, 4) is 51.7 Å². The summed E-state index contributed by atoms with van der Waals surface area (Å²) in [7, 11) is 3.08. The number of carbonyl (C=O) groups is 1. The van der Waals surface area contributed by atoms with Crippen molar-refractivity contribution in [1.29, 1.82) is 0 Å². The number of aromatic hydroxyl groups is 3. The van der Waals surface area contributed by atoms with Crippen LogP contribution in [0.2, 0.25) is 0 Å². The third-order valence-electron chi connectivity index (χ3n) is 4.94. The van der Waals surface area contributed by atoms with E-state index in [9.17, 15) is 20.1 Å². The van der Waals surface area contributed by atoms with Gasteiger partial charge in [-0.2, -0.15) is 5.10 Å². The van der Waals surface area contributed by atoms with Gasteiger partial charge in [-0.25, -0.2) is 5.43 Å². The summed E-state index contributed by atoms with van der Waals surface area (Å²) in [6, 6.07) is 13.7. The van der Waals surface area contributed by atoms with Gasteiger partial charge in [0.25, 0.3) is 11.8 Å². The van der Waals surface area contributed by atoms with E-state index < -0.39 is 17.4 Å². The minimum atomic E-state index is -0.528. The van der Waals surface area contributed by atoms with E-state index in [0.29, 0.717) is 28.2 Å². The first-order valence-corrected chi connectivity index (χ1v) is 10.1. The standard InChI is InChI=1S/C24H20N4O7/c1-33-16-7-8-17(21(11-16)34-2)24-28-27-23(35-24)14-5-3-13(4-6-14)22(32)26-25-12-18-19(30)9-15(29)10-20(18)31/h3-12,29-31H,1-2H3,(H,26,32)/b25-12+. The molecule has 35 heavy (non-hydrogen) atoms. The van der Waals surface area contributed by atoms with E-state index in [0.717, 1.165) is 18.3 Å². The summed E-state index contributed by atoms with van der Waals surface area (Å²) < 4.78 is 16.4. The molecule has 0 saturated heterocycles. The number of ether oxygens (including phenoxy) is 2. The predicted octanol–water partition coefficient (Wildman–Crippen LogP) is 3.30. The molecule has 0 atom stereocenters. The Morgan fingerprint density at radius 2 is 1.63 bits per heavy atom. The number of carbonyl (C=O) groups excluding carboxylic acids is 1. The lowest BCUT2D eigenvalue weighted by Gasteiger charge is -2.07. The third kappa shape index (κ3) is 4.98. The Labute approximate surface area is 198 Å². The molecule has 4 aromatic rings. The normalized spacial score (nSPS) is 10.9. The fourth-order valence-electron chi connectivity index (χ4n) is 3.15. The van der Waals surface area contributed by atoms with Crippen molar-refractivity contribution >= 4 is 12.1 Å². The monoisotopic (exact) mass is 476 g/mol. The average Bonchev–Trinajstić information content (AvgIpc) is 3.35. The number of benzene rings is 3. The van der Waals surface area contributed by atoms with E-state index in [2.05, 4.69) is 20.7 Å². The Morgan fingerprint density at radius 1 is 0.943 bits per heavy atom. The zero-order chi connectivity index (χ0) is 24.9. The maximum absolute atomic E-state index is 12.4. The van der Waals surface area contributed by atoms with E-state index in [-0.39, 0.29) is 23.1 Å². The highest BCUT2D eigenvalue weighted by Gasteiger charge is 2.16. The number of nitrogens with zero attached hydrogens (tertiary/aromatic N) is 3. The van der Waals surface area contributed by atoms with Crippen LogP contribution in [0, 0.1) is 0 Å². The molecular weight excluding hydrogens is 456 g/mol. The van der Waals surface area contributed by atoms with E-state index in [1.807, 2.05) is 0 Å². The van der Waals surface area contributed by atoms with Gasteiger partial charge in [0, 0.05) is 29.3 Å². The van der Waals surface area contributed by atoms with E-state index in [1.165, 1.54) is 7.11 Å². The first-order valence-electron chi connectivity index (χ1n) is 10.1. The van der Waals surface area contributed by atoms with Gasteiger partial charge in [-0.1, -0.05) is 0 Å². The average molecular weight is 476 g/mol. The molecule has 11 heteroatoms. The van der Waals surface area contributed by atoms with Crippen molar-refractivity contribution in [3.05, 3.63) is 65.7 Å². The Bertz CT molecular complexity index is 1370. The molecule has 178 valence electrons. The van der Waals surface area contributed by atoms with Crippen LogP contribution in [0.15, 0.2) is 64.1 Å². The van der Waals surface area contributed by atoms with E-state index >= 15 is 0 Å². The maximum Gasteiger partial charge on any atom is 0.271 e. The molecule has 1 aromatic heterocycles. The summed E-state index contributed by atoms with van der Waals surface area (Å²) >= 11 is 0. The quantitative estimate of drug-likeness (QED) is 0.232. The molecule has 0 aliphatic carbocycles. The molecule has 0 radical (unpaired) electrons. The summed E-state index contributed by atoms with van der Waals surface area (Å²) in [4.78, 5) is 12.4. The highest BCUT2D eigenvalue weighted by atomic mass is 16.5. The first-order chi connectivity index (χ1) is 16.9. The summed E-state index contributed by atoms with van der Waals surface area (Å²) in [5, 5.41) is 40.7. The predicted molar refractivity (Wildman–Crippen MR) is 125 cm³/mol. The third-order valence-corrected chi connectivity index (χ3v) is 4.94.